The number of anilines is 2. The number of Topliss-reactive ketones (excluding diaryl/α,β-unsaturated/α-hetero) is 1. The molecule has 0 fully saturated rings. The molecule has 0 atom stereocenters. The lowest BCUT2D eigenvalue weighted by Gasteiger charge is -2.11. The maximum Gasteiger partial charge on any atom is 0.163 e. The first kappa shape index (κ1) is 18.5. The molecule has 0 aliphatic heterocycles. The lowest BCUT2D eigenvalue weighted by atomic mass is 10.1. The number of nitrogens with zero attached hydrogens (tertiary/aromatic N) is 3. The fourth-order valence-electron chi connectivity index (χ4n) is 2.72. The van der Waals surface area contributed by atoms with Crippen LogP contribution in [0.15, 0.2) is 73.1 Å². The normalized spacial score (nSPS) is 10.3. The third-order valence-corrected chi connectivity index (χ3v) is 4.08. The van der Waals surface area contributed by atoms with E-state index >= 15 is 0 Å². The summed E-state index contributed by atoms with van der Waals surface area (Å²) in [5, 5.41) is 4.27. The third kappa shape index (κ3) is 3.93. The van der Waals surface area contributed by atoms with Gasteiger partial charge in [-0.2, -0.15) is 0 Å². The first-order valence-electron chi connectivity index (χ1n) is 8.26. The number of ketones is 1. The van der Waals surface area contributed by atoms with Crippen LogP contribution in [0, 0.1) is 0 Å². The molecule has 0 aliphatic carbocycles. The highest BCUT2D eigenvalue weighted by atomic mass is 35.5. The van der Waals surface area contributed by atoms with Crippen LogP contribution in [0.25, 0.3) is 22.3 Å². The fourth-order valence-corrected chi connectivity index (χ4v) is 2.72. The Bertz CT molecular complexity index is 1080. The highest BCUT2D eigenvalue weighted by Gasteiger charge is 2.10. The van der Waals surface area contributed by atoms with Gasteiger partial charge in [-0.05, 0) is 55.5 Å². The fraction of sp³-hybridized carbons (Fsp3) is 0.0476. The smallest absolute Gasteiger partial charge is 0.163 e. The Labute approximate surface area is 162 Å². The van der Waals surface area contributed by atoms with Crippen molar-refractivity contribution in [3.8, 4) is 11.4 Å². The van der Waals surface area contributed by atoms with Crippen molar-refractivity contribution < 1.29 is 4.79 Å². The van der Waals surface area contributed by atoms with Crippen LogP contribution < -0.4 is 5.32 Å². The zero-order valence-corrected chi connectivity index (χ0v) is 15.4. The molecule has 5 nitrogen and oxygen atoms in total. The second-order valence-corrected chi connectivity index (χ2v) is 5.91. The van der Waals surface area contributed by atoms with Crippen molar-refractivity contribution in [2.45, 2.75) is 6.92 Å². The monoisotopic (exact) mass is 376 g/mol. The van der Waals surface area contributed by atoms with Crippen LogP contribution in [0.1, 0.15) is 17.3 Å². The van der Waals surface area contributed by atoms with E-state index < -0.39 is 0 Å². The maximum absolute atomic E-state index is 11.4. The lowest BCUT2D eigenvalue weighted by Crippen LogP contribution is -2.00. The molecule has 134 valence electrons. The van der Waals surface area contributed by atoms with E-state index in [1.807, 2.05) is 48.5 Å². The van der Waals surface area contributed by atoms with E-state index in [1.165, 1.54) is 0 Å². The number of rotatable bonds is 4. The minimum absolute atomic E-state index is 0. The second-order valence-electron chi connectivity index (χ2n) is 5.91. The molecule has 0 aliphatic rings. The summed E-state index contributed by atoms with van der Waals surface area (Å²) < 4.78 is 0. The average molecular weight is 377 g/mol. The average Bonchev–Trinajstić information content (AvgIpc) is 2.69. The van der Waals surface area contributed by atoms with Crippen molar-refractivity contribution in [2.24, 2.45) is 0 Å². The summed E-state index contributed by atoms with van der Waals surface area (Å²) in [5.74, 6) is 1.37. The molecule has 2 aromatic heterocycles. The summed E-state index contributed by atoms with van der Waals surface area (Å²) in [6.07, 6.45) is 3.47. The Kier molecular flexibility index (Phi) is 5.43. The summed E-state index contributed by atoms with van der Waals surface area (Å²) in [5.41, 5.74) is 3.24. The van der Waals surface area contributed by atoms with E-state index in [0.717, 1.165) is 22.2 Å². The molecule has 0 amide bonds. The van der Waals surface area contributed by atoms with E-state index in [4.69, 9.17) is 4.98 Å². The van der Waals surface area contributed by atoms with Gasteiger partial charge in [0.1, 0.15) is 5.82 Å². The van der Waals surface area contributed by atoms with Crippen LogP contribution in [0.3, 0.4) is 0 Å². The topological polar surface area (TPSA) is 67.8 Å². The second kappa shape index (κ2) is 7.93. The number of hydrogen-bond donors (Lipinski definition) is 1. The Hall–Kier alpha value is -3.31. The number of pyridine rings is 1. The minimum atomic E-state index is 0. The number of benzene rings is 2. The molecular weight excluding hydrogens is 360 g/mol. The van der Waals surface area contributed by atoms with Gasteiger partial charge in [0.2, 0.25) is 0 Å². The first-order chi connectivity index (χ1) is 12.7. The van der Waals surface area contributed by atoms with E-state index in [2.05, 4.69) is 15.3 Å². The van der Waals surface area contributed by atoms with Gasteiger partial charge in [-0.25, -0.2) is 9.97 Å². The molecular formula is C21H17ClN4O. The molecule has 4 rings (SSSR count). The van der Waals surface area contributed by atoms with Crippen LogP contribution in [-0.4, -0.2) is 20.7 Å². The van der Waals surface area contributed by atoms with Gasteiger partial charge < -0.3 is 5.32 Å². The predicted octanol–water partition coefficient (Wildman–Crippen LogP) is 5.06. The largest absolute Gasteiger partial charge is 0.340 e. The molecule has 0 radical (unpaired) electrons. The minimum Gasteiger partial charge on any atom is -0.340 e. The van der Waals surface area contributed by atoms with Gasteiger partial charge in [-0.1, -0.05) is 12.1 Å². The van der Waals surface area contributed by atoms with E-state index in [-0.39, 0.29) is 18.2 Å². The van der Waals surface area contributed by atoms with Gasteiger partial charge in [0.05, 0.1) is 5.52 Å². The molecule has 0 saturated carbocycles. The quantitative estimate of drug-likeness (QED) is 0.504. The molecule has 0 saturated heterocycles. The number of nitrogens with one attached hydrogen (secondary N) is 1. The summed E-state index contributed by atoms with van der Waals surface area (Å²) in [6, 6.07) is 19.0. The molecule has 2 aromatic carbocycles. The highest BCUT2D eigenvalue weighted by molar-refractivity contribution is 5.95. The zero-order chi connectivity index (χ0) is 17.9. The molecule has 0 spiro atoms. The standard InChI is InChI=1S/C21H16N4O.ClH/c1-14(26)15-8-10-17(11-9-15)23-21-18-6-2-3-7-19(18)24-20(25-21)16-5-4-12-22-13-16;/h2-13H,1H3,(H,23,24,25);1H. The molecule has 6 heteroatoms. The van der Waals surface area contributed by atoms with E-state index in [9.17, 15) is 4.79 Å². The number of hydrogen-bond acceptors (Lipinski definition) is 5. The number of carbonyl (C=O) groups excluding carboxylic acids is 1. The van der Waals surface area contributed by atoms with Gasteiger partial charge in [-0.3, -0.25) is 9.78 Å². The molecule has 4 aromatic rings. The third-order valence-electron chi connectivity index (χ3n) is 4.08. The molecule has 1 N–H and O–H groups in total. The Morgan fingerprint density at radius 2 is 1.70 bits per heavy atom. The van der Waals surface area contributed by atoms with Crippen LogP contribution >= 0.6 is 12.4 Å². The van der Waals surface area contributed by atoms with Crippen molar-refractivity contribution in [2.75, 3.05) is 5.32 Å². The molecule has 0 bridgehead atoms. The van der Waals surface area contributed by atoms with Gasteiger partial charge in [0.15, 0.2) is 11.6 Å². The summed E-state index contributed by atoms with van der Waals surface area (Å²) in [4.78, 5) is 24.9. The lowest BCUT2D eigenvalue weighted by molar-refractivity contribution is 0.101. The van der Waals surface area contributed by atoms with Crippen LogP contribution in [0.4, 0.5) is 11.5 Å². The van der Waals surface area contributed by atoms with Gasteiger partial charge >= 0.3 is 0 Å². The van der Waals surface area contributed by atoms with Crippen LogP contribution in [0.2, 0.25) is 0 Å². The molecule has 0 unspecified atom stereocenters. The maximum atomic E-state index is 11.4. The summed E-state index contributed by atoms with van der Waals surface area (Å²) in [7, 11) is 0. The van der Waals surface area contributed by atoms with E-state index in [1.54, 1.807) is 31.5 Å². The SMILES string of the molecule is CC(=O)c1ccc(Nc2nc(-c3cccnc3)nc3ccccc23)cc1.Cl. The van der Waals surface area contributed by atoms with Gasteiger partial charge in [-0.15, -0.1) is 12.4 Å². The zero-order valence-electron chi connectivity index (χ0n) is 14.6. The number of para-hydroxylation sites is 1. The number of carbonyl (C=O) groups is 1. The summed E-state index contributed by atoms with van der Waals surface area (Å²) >= 11 is 0. The number of fused-ring (bicyclic) bond motifs is 1. The number of aromatic nitrogens is 3. The van der Waals surface area contributed by atoms with E-state index in [0.29, 0.717) is 17.2 Å². The van der Waals surface area contributed by atoms with Crippen molar-refractivity contribution in [1.82, 2.24) is 15.0 Å². The van der Waals surface area contributed by atoms with Crippen LogP contribution in [0.5, 0.6) is 0 Å². The van der Waals surface area contributed by atoms with Gasteiger partial charge in [0.25, 0.3) is 0 Å². The first-order valence-corrected chi connectivity index (χ1v) is 8.26. The molecule has 2 heterocycles. The van der Waals surface area contributed by atoms with Crippen LogP contribution in [-0.2, 0) is 0 Å². The Morgan fingerprint density at radius 1 is 0.926 bits per heavy atom. The highest BCUT2D eigenvalue weighted by Crippen LogP contribution is 2.27. The van der Waals surface area contributed by atoms with Crippen molar-refractivity contribution in [3.63, 3.8) is 0 Å². The number of halogens is 1. The van der Waals surface area contributed by atoms with Gasteiger partial charge in [0, 0.05) is 34.6 Å². The summed E-state index contributed by atoms with van der Waals surface area (Å²) in [6.45, 7) is 1.56. The predicted molar refractivity (Wildman–Crippen MR) is 110 cm³/mol. The van der Waals surface area contributed by atoms with Crippen molar-refractivity contribution >= 4 is 40.6 Å². The van der Waals surface area contributed by atoms with Crippen molar-refractivity contribution in [3.05, 3.63) is 78.6 Å². The Balaban J connectivity index is 0.00000210. The molecule has 27 heavy (non-hydrogen) atoms. The Morgan fingerprint density at radius 3 is 2.41 bits per heavy atom. The van der Waals surface area contributed by atoms with Crippen molar-refractivity contribution in [1.29, 1.82) is 0 Å².